The average Bonchev–Trinajstić information content (AvgIpc) is 3.09. The maximum atomic E-state index is 9.57. The molecule has 100 valence electrons. The van der Waals surface area contributed by atoms with Crippen LogP contribution in [0.15, 0.2) is 18.2 Å². The van der Waals surface area contributed by atoms with Crippen molar-refractivity contribution in [1.29, 1.82) is 0 Å². The van der Waals surface area contributed by atoms with E-state index in [1.165, 1.54) is 57.4 Å². The van der Waals surface area contributed by atoms with Crippen LogP contribution in [0.3, 0.4) is 0 Å². The fraction of sp³-hybridized carbons (Fsp3) is 0.625. The Bertz CT molecular complexity index is 374. The minimum absolute atomic E-state index is 0.183. The van der Waals surface area contributed by atoms with E-state index in [0.717, 1.165) is 5.56 Å². The van der Waals surface area contributed by atoms with Crippen LogP contribution in [0.2, 0.25) is 0 Å². The Labute approximate surface area is 110 Å². The summed E-state index contributed by atoms with van der Waals surface area (Å²) in [5.74, 6) is 0.365. The molecule has 2 rings (SSSR count). The van der Waals surface area contributed by atoms with Gasteiger partial charge in [-0.05, 0) is 42.4 Å². The molecule has 0 aromatic heterocycles. The molecule has 18 heavy (non-hydrogen) atoms. The third-order valence-electron chi connectivity index (χ3n) is 4.13. The molecule has 0 saturated heterocycles. The summed E-state index contributed by atoms with van der Waals surface area (Å²) in [6.07, 6.45) is 10.1. The standard InChI is InChI=1S/C16H24O2/c1-2-3-4-5-6-7-16(8-9-16)13-10-14(17)12-15(18)11-13/h10-12,17-18H,2-9H2,1H3. The maximum Gasteiger partial charge on any atom is 0.119 e. The molecule has 2 nitrogen and oxygen atoms in total. The van der Waals surface area contributed by atoms with Gasteiger partial charge >= 0.3 is 0 Å². The molecule has 1 aromatic rings. The second-order valence-corrected chi connectivity index (χ2v) is 5.68. The highest BCUT2D eigenvalue weighted by Gasteiger charge is 2.43. The summed E-state index contributed by atoms with van der Waals surface area (Å²) in [4.78, 5) is 0. The summed E-state index contributed by atoms with van der Waals surface area (Å²) in [6, 6.07) is 5.04. The van der Waals surface area contributed by atoms with Crippen LogP contribution in [-0.4, -0.2) is 10.2 Å². The summed E-state index contributed by atoms with van der Waals surface area (Å²) in [6.45, 7) is 2.23. The Morgan fingerprint density at radius 3 is 2.11 bits per heavy atom. The fourth-order valence-electron chi connectivity index (χ4n) is 2.80. The van der Waals surface area contributed by atoms with Gasteiger partial charge in [0.1, 0.15) is 11.5 Å². The highest BCUT2D eigenvalue weighted by molar-refractivity contribution is 5.42. The van der Waals surface area contributed by atoms with Crippen molar-refractivity contribution in [2.24, 2.45) is 0 Å². The van der Waals surface area contributed by atoms with Gasteiger partial charge in [-0.15, -0.1) is 0 Å². The molecular formula is C16H24O2. The zero-order valence-corrected chi connectivity index (χ0v) is 11.3. The maximum absolute atomic E-state index is 9.57. The van der Waals surface area contributed by atoms with Crippen LogP contribution in [-0.2, 0) is 5.41 Å². The molecule has 1 aliphatic carbocycles. The first kappa shape index (κ1) is 13.3. The number of benzene rings is 1. The van der Waals surface area contributed by atoms with Crippen LogP contribution in [0.5, 0.6) is 11.5 Å². The second-order valence-electron chi connectivity index (χ2n) is 5.68. The number of phenolic OH excluding ortho intramolecular Hbond substituents is 2. The largest absolute Gasteiger partial charge is 0.508 e. The van der Waals surface area contributed by atoms with Gasteiger partial charge in [-0.25, -0.2) is 0 Å². The van der Waals surface area contributed by atoms with Crippen molar-refractivity contribution in [2.75, 3.05) is 0 Å². The summed E-state index contributed by atoms with van der Waals surface area (Å²) < 4.78 is 0. The van der Waals surface area contributed by atoms with Crippen molar-refractivity contribution in [3.05, 3.63) is 23.8 Å². The third-order valence-corrected chi connectivity index (χ3v) is 4.13. The number of phenols is 2. The summed E-state index contributed by atoms with van der Waals surface area (Å²) >= 11 is 0. The molecule has 1 saturated carbocycles. The van der Waals surface area contributed by atoms with Gasteiger partial charge in [-0.1, -0.05) is 39.0 Å². The van der Waals surface area contributed by atoms with Crippen molar-refractivity contribution >= 4 is 0 Å². The van der Waals surface area contributed by atoms with Crippen molar-refractivity contribution in [3.8, 4) is 11.5 Å². The molecule has 0 radical (unpaired) electrons. The lowest BCUT2D eigenvalue weighted by Gasteiger charge is -2.16. The minimum atomic E-state index is 0.183. The van der Waals surface area contributed by atoms with Gasteiger partial charge in [0.2, 0.25) is 0 Å². The number of rotatable bonds is 7. The first-order valence-electron chi connectivity index (χ1n) is 7.20. The molecule has 1 fully saturated rings. The lowest BCUT2D eigenvalue weighted by atomic mass is 9.89. The fourth-order valence-corrected chi connectivity index (χ4v) is 2.80. The van der Waals surface area contributed by atoms with Crippen molar-refractivity contribution in [1.82, 2.24) is 0 Å². The smallest absolute Gasteiger partial charge is 0.119 e. The van der Waals surface area contributed by atoms with Gasteiger partial charge < -0.3 is 10.2 Å². The van der Waals surface area contributed by atoms with Crippen LogP contribution in [0.1, 0.15) is 63.9 Å². The molecule has 1 aromatic carbocycles. The van der Waals surface area contributed by atoms with E-state index in [4.69, 9.17) is 0 Å². The van der Waals surface area contributed by atoms with Crippen molar-refractivity contribution in [3.63, 3.8) is 0 Å². The lowest BCUT2D eigenvalue weighted by molar-refractivity contribution is 0.445. The van der Waals surface area contributed by atoms with Crippen LogP contribution in [0, 0.1) is 0 Å². The predicted octanol–water partition coefficient (Wildman–Crippen LogP) is 4.49. The van der Waals surface area contributed by atoms with E-state index in [2.05, 4.69) is 6.92 Å². The molecule has 0 aliphatic heterocycles. The summed E-state index contributed by atoms with van der Waals surface area (Å²) in [7, 11) is 0. The summed E-state index contributed by atoms with van der Waals surface area (Å²) in [5.41, 5.74) is 1.37. The van der Waals surface area contributed by atoms with E-state index < -0.39 is 0 Å². The first-order valence-corrected chi connectivity index (χ1v) is 7.20. The quantitative estimate of drug-likeness (QED) is 0.698. The Morgan fingerprint density at radius 2 is 1.56 bits per heavy atom. The Kier molecular flexibility index (Phi) is 4.15. The molecule has 0 atom stereocenters. The van der Waals surface area contributed by atoms with Crippen molar-refractivity contribution in [2.45, 2.75) is 63.7 Å². The molecule has 0 spiro atoms. The predicted molar refractivity (Wildman–Crippen MR) is 74.1 cm³/mol. The van der Waals surface area contributed by atoms with E-state index in [0.29, 0.717) is 0 Å². The molecule has 2 N–H and O–H groups in total. The van der Waals surface area contributed by atoms with Crippen LogP contribution < -0.4 is 0 Å². The van der Waals surface area contributed by atoms with E-state index in [1.807, 2.05) is 12.1 Å². The molecule has 0 unspecified atom stereocenters. The number of unbranched alkanes of at least 4 members (excludes halogenated alkanes) is 4. The molecular weight excluding hydrogens is 224 g/mol. The van der Waals surface area contributed by atoms with E-state index in [9.17, 15) is 10.2 Å². The second kappa shape index (κ2) is 5.64. The molecule has 1 aliphatic rings. The highest BCUT2D eigenvalue weighted by Crippen LogP contribution is 2.53. The van der Waals surface area contributed by atoms with E-state index in [-0.39, 0.29) is 16.9 Å². The molecule has 2 heteroatoms. The van der Waals surface area contributed by atoms with Crippen LogP contribution >= 0.6 is 0 Å². The number of aromatic hydroxyl groups is 2. The van der Waals surface area contributed by atoms with Gasteiger partial charge in [0, 0.05) is 6.07 Å². The van der Waals surface area contributed by atoms with Gasteiger partial charge in [0.25, 0.3) is 0 Å². The van der Waals surface area contributed by atoms with Crippen LogP contribution in [0.4, 0.5) is 0 Å². The van der Waals surface area contributed by atoms with E-state index in [1.54, 1.807) is 0 Å². The van der Waals surface area contributed by atoms with Gasteiger partial charge in [-0.3, -0.25) is 0 Å². The Balaban J connectivity index is 1.90. The average molecular weight is 248 g/mol. The zero-order chi connectivity index (χ0) is 13.0. The minimum Gasteiger partial charge on any atom is -0.508 e. The third kappa shape index (κ3) is 3.18. The topological polar surface area (TPSA) is 40.5 Å². The molecule has 0 bridgehead atoms. The normalized spacial score (nSPS) is 16.7. The van der Waals surface area contributed by atoms with E-state index >= 15 is 0 Å². The number of hydrogen-bond donors (Lipinski definition) is 2. The SMILES string of the molecule is CCCCCCCC1(c2cc(O)cc(O)c2)CC1. The van der Waals surface area contributed by atoms with Crippen molar-refractivity contribution < 1.29 is 10.2 Å². The molecule has 0 heterocycles. The highest BCUT2D eigenvalue weighted by atomic mass is 16.3. The molecule has 0 amide bonds. The van der Waals surface area contributed by atoms with Gasteiger partial charge in [-0.2, -0.15) is 0 Å². The summed E-state index contributed by atoms with van der Waals surface area (Å²) in [5, 5.41) is 19.1. The monoisotopic (exact) mass is 248 g/mol. The zero-order valence-electron chi connectivity index (χ0n) is 11.3. The lowest BCUT2D eigenvalue weighted by Crippen LogP contribution is -2.06. The first-order chi connectivity index (χ1) is 8.66. The van der Waals surface area contributed by atoms with Gasteiger partial charge in [0.15, 0.2) is 0 Å². The number of hydrogen-bond acceptors (Lipinski definition) is 2. The Morgan fingerprint density at radius 1 is 0.944 bits per heavy atom. The van der Waals surface area contributed by atoms with Gasteiger partial charge in [0.05, 0.1) is 0 Å². The Hall–Kier alpha value is -1.18. The van der Waals surface area contributed by atoms with Crippen LogP contribution in [0.25, 0.3) is 0 Å².